The normalized spacial score (nSPS) is 19.0. The van der Waals surface area contributed by atoms with Gasteiger partial charge in [-0.15, -0.1) is 13.2 Å². The van der Waals surface area contributed by atoms with E-state index in [1.165, 1.54) is 86.7 Å². The molecule has 2 aliphatic carbocycles. The van der Waals surface area contributed by atoms with E-state index in [4.69, 9.17) is 0 Å². The second-order valence-corrected chi connectivity index (χ2v) is 10.6. The van der Waals surface area contributed by atoms with E-state index >= 15 is 0 Å². The first-order chi connectivity index (χ1) is 17.5. The lowest BCUT2D eigenvalue weighted by molar-refractivity contribution is -0.274. The van der Waals surface area contributed by atoms with E-state index in [-0.39, 0.29) is 11.7 Å². The highest BCUT2D eigenvalue weighted by atomic mass is 19.4. The van der Waals surface area contributed by atoms with Gasteiger partial charge in [-0.1, -0.05) is 68.9 Å². The molecule has 2 aliphatic rings. The molecule has 1 heterocycles. The van der Waals surface area contributed by atoms with Gasteiger partial charge in [-0.2, -0.15) is 0 Å². The zero-order valence-corrected chi connectivity index (χ0v) is 20.9. The van der Waals surface area contributed by atoms with Gasteiger partial charge in [-0.05, 0) is 68.0 Å². The van der Waals surface area contributed by atoms with E-state index in [0.717, 1.165) is 18.5 Å². The minimum Gasteiger partial charge on any atom is -0.406 e. The Labute approximate surface area is 212 Å². The molecule has 2 fully saturated rings. The van der Waals surface area contributed by atoms with Crippen LogP contribution in [0.3, 0.4) is 0 Å². The predicted molar refractivity (Wildman–Crippen MR) is 139 cm³/mol. The molecule has 1 unspecified atom stereocenters. The van der Waals surface area contributed by atoms with Crippen molar-refractivity contribution in [2.45, 2.75) is 95.0 Å². The van der Waals surface area contributed by atoms with E-state index in [1.54, 1.807) is 12.1 Å². The van der Waals surface area contributed by atoms with Crippen LogP contribution in [0.5, 0.6) is 5.75 Å². The molecular weight excluding hydrogens is 461 g/mol. The monoisotopic (exact) mass is 498 g/mol. The molecule has 1 N–H and O–H groups in total. The number of hydrogen-bond donors (Lipinski definition) is 1. The Hall–Kier alpha value is -2.47. The summed E-state index contributed by atoms with van der Waals surface area (Å²) in [5.74, 6) is -0.172. The highest BCUT2D eigenvalue weighted by molar-refractivity contribution is 5.85. The summed E-state index contributed by atoms with van der Waals surface area (Å²) >= 11 is 0. The van der Waals surface area contributed by atoms with Crippen LogP contribution in [0.2, 0.25) is 0 Å². The van der Waals surface area contributed by atoms with Gasteiger partial charge in [0, 0.05) is 35.1 Å². The standard InChI is InChI=1S/C30H37F3N2O/c31-30(32,33)36-25-15-9-10-22(20-25)26(18-19-34-23-11-3-1-4-12-23)28-21-35(24-13-5-2-6-14-24)29-17-8-7-16-27(28)29/h7-10,15-17,20-21,23-24,26,34H,1-6,11-14,18-19H2. The number of halogens is 3. The molecule has 6 heteroatoms. The van der Waals surface area contributed by atoms with Crippen LogP contribution in [-0.4, -0.2) is 23.5 Å². The van der Waals surface area contributed by atoms with Crippen LogP contribution in [0.15, 0.2) is 54.7 Å². The lowest BCUT2D eigenvalue weighted by atomic mass is 9.87. The molecule has 0 aliphatic heterocycles. The maximum Gasteiger partial charge on any atom is 0.573 e. The van der Waals surface area contributed by atoms with Crippen molar-refractivity contribution < 1.29 is 17.9 Å². The van der Waals surface area contributed by atoms with Gasteiger partial charge in [-0.25, -0.2) is 0 Å². The fourth-order valence-corrected chi connectivity index (χ4v) is 6.34. The molecule has 0 radical (unpaired) electrons. The van der Waals surface area contributed by atoms with E-state index in [0.29, 0.717) is 12.1 Å². The minimum absolute atomic E-state index is 0.0207. The van der Waals surface area contributed by atoms with Gasteiger partial charge < -0.3 is 14.6 Å². The number of nitrogens with one attached hydrogen (secondary N) is 1. The van der Waals surface area contributed by atoms with Crippen LogP contribution in [0.1, 0.15) is 93.7 Å². The fraction of sp³-hybridized carbons (Fsp3) is 0.533. The van der Waals surface area contributed by atoms with Crippen molar-refractivity contribution in [3.63, 3.8) is 0 Å². The summed E-state index contributed by atoms with van der Waals surface area (Å²) in [5.41, 5.74) is 3.30. The van der Waals surface area contributed by atoms with Gasteiger partial charge in [0.05, 0.1) is 0 Å². The molecule has 36 heavy (non-hydrogen) atoms. The van der Waals surface area contributed by atoms with Gasteiger partial charge in [0.1, 0.15) is 5.75 Å². The van der Waals surface area contributed by atoms with Crippen molar-refractivity contribution in [3.05, 3.63) is 65.9 Å². The minimum atomic E-state index is -4.70. The Balaban J connectivity index is 1.49. The Kier molecular flexibility index (Phi) is 7.90. The summed E-state index contributed by atoms with van der Waals surface area (Å²) < 4.78 is 45.7. The van der Waals surface area contributed by atoms with Gasteiger partial charge in [0.25, 0.3) is 0 Å². The Morgan fingerprint density at radius 1 is 0.889 bits per heavy atom. The van der Waals surface area contributed by atoms with Crippen LogP contribution in [0.25, 0.3) is 10.9 Å². The molecule has 0 amide bonds. The van der Waals surface area contributed by atoms with Crippen LogP contribution in [0.4, 0.5) is 13.2 Å². The first-order valence-electron chi connectivity index (χ1n) is 13.7. The largest absolute Gasteiger partial charge is 0.573 e. The number of rotatable bonds is 8. The van der Waals surface area contributed by atoms with Crippen LogP contribution < -0.4 is 10.1 Å². The van der Waals surface area contributed by atoms with E-state index in [2.05, 4.69) is 45.1 Å². The van der Waals surface area contributed by atoms with Gasteiger partial charge in [0.15, 0.2) is 0 Å². The lowest BCUT2D eigenvalue weighted by Crippen LogP contribution is -2.32. The van der Waals surface area contributed by atoms with Crippen molar-refractivity contribution in [1.82, 2.24) is 9.88 Å². The smallest absolute Gasteiger partial charge is 0.406 e. The first kappa shape index (κ1) is 25.2. The fourth-order valence-electron chi connectivity index (χ4n) is 6.34. The number of alkyl halides is 3. The van der Waals surface area contributed by atoms with Crippen molar-refractivity contribution >= 4 is 10.9 Å². The van der Waals surface area contributed by atoms with E-state index < -0.39 is 6.36 Å². The van der Waals surface area contributed by atoms with Crippen molar-refractivity contribution in [3.8, 4) is 5.75 Å². The molecule has 1 atom stereocenters. The van der Waals surface area contributed by atoms with Gasteiger partial charge in [0.2, 0.25) is 0 Å². The third-order valence-electron chi connectivity index (χ3n) is 8.08. The lowest BCUT2D eigenvalue weighted by Gasteiger charge is -2.25. The average Bonchev–Trinajstić information content (AvgIpc) is 3.26. The average molecular weight is 499 g/mol. The summed E-state index contributed by atoms with van der Waals surface area (Å²) in [4.78, 5) is 0. The summed E-state index contributed by atoms with van der Waals surface area (Å²) in [5, 5.41) is 4.95. The molecule has 0 bridgehead atoms. The first-order valence-corrected chi connectivity index (χ1v) is 13.7. The number of aromatic nitrogens is 1. The third-order valence-corrected chi connectivity index (χ3v) is 8.08. The topological polar surface area (TPSA) is 26.2 Å². The van der Waals surface area contributed by atoms with Crippen molar-refractivity contribution in [2.24, 2.45) is 0 Å². The Morgan fingerprint density at radius 2 is 1.61 bits per heavy atom. The van der Waals surface area contributed by atoms with Crippen LogP contribution >= 0.6 is 0 Å². The highest BCUT2D eigenvalue weighted by Gasteiger charge is 2.31. The number of nitrogens with zero attached hydrogens (tertiary/aromatic N) is 1. The maximum absolute atomic E-state index is 13.0. The molecule has 3 aromatic rings. The Morgan fingerprint density at radius 3 is 2.36 bits per heavy atom. The zero-order chi connectivity index (χ0) is 25.0. The molecule has 2 aromatic carbocycles. The number of fused-ring (bicyclic) bond motifs is 1. The second kappa shape index (κ2) is 11.3. The summed E-state index contributed by atoms with van der Waals surface area (Å²) in [7, 11) is 0. The van der Waals surface area contributed by atoms with Crippen molar-refractivity contribution in [2.75, 3.05) is 6.54 Å². The van der Waals surface area contributed by atoms with Gasteiger partial charge in [-0.3, -0.25) is 0 Å². The van der Waals surface area contributed by atoms with Crippen LogP contribution in [0, 0.1) is 0 Å². The molecule has 1 aromatic heterocycles. The van der Waals surface area contributed by atoms with E-state index in [9.17, 15) is 13.2 Å². The number of para-hydroxylation sites is 1. The molecule has 0 saturated heterocycles. The third kappa shape index (κ3) is 6.08. The molecule has 194 valence electrons. The SMILES string of the molecule is FC(F)(F)Oc1cccc(C(CCNC2CCCCC2)c2cn(C3CCCCC3)c3ccccc23)c1. The molecule has 2 saturated carbocycles. The molecule has 0 spiro atoms. The molecular formula is C30H37F3N2O. The Bertz CT molecular complexity index is 1130. The highest BCUT2D eigenvalue weighted by Crippen LogP contribution is 2.40. The maximum atomic E-state index is 13.0. The second-order valence-electron chi connectivity index (χ2n) is 10.6. The van der Waals surface area contributed by atoms with Gasteiger partial charge >= 0.3 is 6.36 Å². The summed E-state index contributed by atoms with van der Waals surface area (Å²) in [6.07, 6.45) is 10.8. The zero-order valence-electron chi connectivity index (χ0n) is 20.9. The summed E-state index contributed by atoms with van der Waals surface area (Å²) in [6, 6.07) is 16.1. The van der Waals surface area contributed by atoms with E-state index in [1.807, 2.05) is 6.07 Å². The number of ether oxygens (including phenoxy) is 1. The quantitative estimate of drug-likeness (QED) is 0.337. The summed E-state index contributed by atoms with van der Waals surface area (Å²) in [6.45, 7) is 0.836. The molecule has 5 rings (SSSR count). The van der Waals surface area contributed by atoms with Crippen molar-refractivity contribution in [1.29, 1.82) is 0 Å². The number of benzene rings is 2. The molecule has 3 nitrogen and oxygen atoms in total. The van der Waals surface area contributed by atoms with Crippen LogP contribution in [-0.2, 0) is 0 Å². The predicted octanol–water partition coefficient (Wildman–Crippen LogP) is 8.49. The number of hydrogen-bond acceptors (Lipinski definition) is 2.